The summed E-state index contributed by atoms with van der Waals surface area (Å²) in [4.78, 5) is 3.97. The molecule has 14 heavy (non-hydrogen) atoms. The van der Waals surface area contributed by atoms with Crippen LogP contribution in [0.4, 0.5) is 5.69 Å². The minimum absolute atomic E-state index is 0.469. The molecule has 1 aromatic heterocycles. The molecule has 0 atom stereocenters. The second kappa shape index (κ2) is 6.28. The fourth-order valence-electron chi connectivity index (χ4n) is 1.08. The summed E-state index contributed by atoms with van der Waals surface area (Å²) in [5, 5.41) is 12.0. The number of nitrogens with zero attached hydrogens (tertiary/aromatic N) is 2. The predicted octanol–water partition coefficient (Wildman–Crippen LogP) is 2.12. The molecule has 0 saturated carbocycles. The van der Waals surface area contributed by atoms with E-state index in [1.54, 1.807) is 6.20 Å². The van der Waals surface area contributed by atoms with E-state index in [4.69, 9.17) is 5.26 Å². The second-order valence-corrected chi connectivity index (χ2v) is 3.77. The number of nitriles is 1. The molecule has 0 amide bonds. The third-order valence-corrected chi connectivity index (χ3v) is 2.45. The third-order valence-electron chi connectivity index (χ3n) is 1.75. The molecule has 0 aromatic carbocycles. The molecular formula is C10H13N3S. The van der Waals surface area contributed by atoms with Gasteiger partial charge in [0, 0.05) is 12.7 Å². The number of hydrogen-bond donors (Lipinski definition) is 1. The number of aromatic nitrogens is 1. The van der Waals surface area contributed by atoms with E-state index in [1.807, 2.05) is 23.9 Å². The van der Waals surface area contributed by atoms with Crippen molar-refractivity contribution in [2.45, 2.75) is 6.42 Å². The van der Waals surface area contributed by atoms with Crippen LogP contribution in [0.15, 0.2) is 18.3 Å². The van der Waals surface area contributed by atoms with Crippen LogP contribution in [0.5, 0.6) is 0 Å². The van der Waals surface area contributed by atoms with Crippen molar-refractivity contribution >= 4 is 17.4 Å². The van der Waals surface area contributed by atoms with Gasteiger partial charge >= 0.3 is 0 Å². The van der Waals surface area contributed by atoms with Gasteiger partial charge in [-0.05, 0) is 30.6 Å². The quantitative estimate of drug-likeness (QED) is 0.751. The van der Waals surface area contributed by atoms with Crippen molar-refractivity contribution in [2.24, 2.45) is 0 Å². The van der Waals surface area contributed by atoms with Crippen LogP contribution in [0.25, 0.3) is 0 Å². The SMILES string of the molecule is CSCCCNc1cccnc1C#N. The lowest BCUT2D eigenvalue weighted by atomic mass is 10.3. The van der Waals surface area contributed by atoms with Crippen LogP contribution in [0.2, 0.25) is 0 Å². The predicted molar refractivity (Wildman–Crippen MR) is 60.4 cm³/mol. The Bertz CT molecular complexity index is 319. The van der Waals surface area contributed by atoms with E-state index < -0.39 is 0 Å². The maximum absolute atomic E-state index is 8.76. The summed E-state index contributed by atoms with van der Waals surface area (Å²) >= 11 is 1.83. The van der Waals surface area contributed by atoms with Gasteiger partial charge in [-0.15, -0.1) is 0 Å². The summed E-state index contributed by atoms with van der Waals surface area (Å²) in [5.41, 5.74) is 1.30. The summed E-state index contributed by atoms with van der Waals surface area (Å²) in [6, 6.07) is 5.77. The van der Waals surface area contributed by atoms with Crippen molar-refractivity contribution in [1.29, 1.82) is 5.26 Å². The Morgan fingerprint density at radius 2 is 2.50 bits per heavy atom. The van der Waals surface area contributed by atoms with Crippen LogP contribution < -0.4 is 5.32 Å². The van der Waals surface area contributed by atoms with E-state index in [9.17, 15) is 0 Å². The molecule has 0 radical (unpaired) electrons. The second-order valence-electron chi connectivity index (χ2n) is 2.78. The van der Waals surface area contributed by atoms with E-state index in [1.165, 1.54) is 0 Å². The van der Waals surface area contributed by atoms with E-state index in [0.717, 1.165) is 24.4 Å². The number of rotatable bonds is 5. The van der Waals surface area contributed by atoms with Gasteiger partial charge in [-0.25, -0.2) is 4.98 Å². The standard InChI is InChI=1S/C10H13N3S/c1-14-7-3-6-12-9-4-2-5-13-10(9)8-11/h2,4-5,12H,3,6-7H2,1H3. The Morgan fingerprint density at radius 3 is 3.21 bits per heavy atom. The zero-order chi connectivity index (χ0) is 10.2. The highest BCUT2D eigenvalue weighted by atomic mass is 32.2. The fraction of sp³-hybridized carbons (Fsp3) is 0.400. The van der Waals surface area contributed by atoms with E-state index in [2.05, 4.69) is 22.6 Å². The Balaban J connectivity index is 2.46. The number of nitrogens with one attached hydrogen (secondary N) is 1. The average molecular weight is 207 g/mol. The smallest absolute Gasteiger partial charge is 0.163 e. The van der Waals surface area contributed by atoms with Crippen LogP contribution in [0, 0.1) is 11.3 Å². The number of thioether (sulfide) groups is 1. The molecule has 4 heteroatoms. The molecule has 0 spiro atoms. The molecule has 0 aliphatic heterocycles. The van der Waals surface area contributed by atoms with Crippen molar-refractivity contribution in [2.75, 3.05) is 23.9 Å². The molecule has 0 aliphatic carbocycles. The van der Waals surface area contributed by atoms with E-state index in [0.29, 0.717) is 5.69 Å². The molecule has 0 saturated heterocycles. The first-order chi connectivity index (χ1) is 6.88. The van der Waals surface area contributed by atoms with E-state index in [-0.39, 0.29) is 0 Å². The zero-order valence-electron chi connectivity index (χ0n) is 8.16. The largest absolute Gasteiger partial charge is 0.383 e. The summed E-state index contributed by atoms with van der Waals surface area (Å²) in [6.45, 7) is 0.890. The lowest BCUT2D eigenvalue weighted by molar-refractivity contribution is 0.989. The first-order valence-electron chi connectivity index (χ1n) is 4.46. The molecule has 1 heterocycles. The molecular weight excluding hydrogens is 194 g/mol. The molecule has 0 aliphatic rings. The molecule has 0 unspecified atom stereocenters. The number of anilines is 1. The zero-order valence-corrected chi connectivity index (χ0v) is 8.97. The Hall–Kier alpha value is -1.21. The highest BCUT2D eigenvalue weighted by Gasteiger charge is 1.99. The van der Waals surface area contributed by atoms with Crippen molar-refractivity contribution in [1.82, 2.24) is 4.98 Å². The summed E-state index contributed by atoms with van der Waals surface area (Å²) in [6.07, 6.45) is 4.82. The van der Waals surface area contributed by atoms with Crippen LogP contribution in [0.3, 0.4) is 0 Å². The van der Waals surface area contributed by atoms with Gasteiger partial charge in [0.15, 0.2) is 5.69 Å². The minimum atomic E-state index is 0.469. The number of pyridine rings is 1. The van der Waals surface area contributed by atoms with Crippen molar-refractivity contribution < 1.29 is 0 Å². The fourth-order valence-corrected chi connectivity index (χ4v) is 1.51. The van der Waals surface area contributed by atoms with Gasteiger partial charge in [-0.1, -0.05) is 0 Å². The Kier molecular flexibility index (Phi) is 4.87. The normalized spacial score (nSPS) is 9.43. The van der Waals surface area contributed by atoms with Gasteiger partial charge < -0.3 is 5.32 Å². The Labute approximate surface area is 88.5 Å². The van der Waals surface area contributed by atoms with Gasteiger partial charge in [-0.3, -0.25) is 0 Å². The van der Waals surface area contributed by atoms with Gasteiger partial charge in [0.2, 0.25) is 0 Å². The maximum Gasteiger partial charge on any atom is 0.163 e. The number of hydrogen-bond acceptors (Lipinski definition) is 4. The molecule has 3 nitrogen and oxygen atoms in total. The molecule has 1 rings (SSSR count). The topological polar surface area (TPSA) is 48.7 Å². The van der Waals surface area contributed by atoms with Gasteiger partial charge in [-0.2, -0.15) is 17.0 Å². The average Bonchev–Trinajstić information content (AvgIpc) is 2.25. The van der Waals surface area contributed by atoms with Crippen molar-refractivity contribution in [3.05, 3.63) is 24.0 Å². The monoisotopic (exact) mass is 207 g/mol. The van der Waals surface area contributed by atoms with Crippen molar-refractivity contribution in [3.63, 3.8) is 0 Å². The molecule has 1 N–H and O–H groups in total. The van der Waals surface area contributed by atoms with Crippen molar-refractivity contribution in [3.8, 4) is 6.07 Å². The van der Waals surface area contributed by atoms with Gasteiger partial charge in [0.1, 0.15) is 6.07 Å². The molecule has 1 aromatic rings. The highest BCUT2D eigenvalue weighted by Crippen LogP contribution is 2.10. The van der Waals surface area contributed by atoms with Gasteiger partial charge in [0.25, 0.3) is 0 Å². The highest BCUT2D eigenvalue weighted by molar-refractivity contribution is 7.98. The van der Waals surface area contributed by atoms with Crippen LogP contribution >= 0.6 is 11.8 Å². The van der Waals surface area contributed by atoms with Gasteiger partial charge in [0.05, 0.1) is 5.69 Å². The maximum atomic E-state index is 8.76. The summed E-state index contributed by atoms with van der Waals surface area (Å²) in [7, 11) is 0. The molecule has 0 bridgehead atoms. The first-order valence-corrected chi connectivity index (χ1v) is 5.86. The third kappa shape index (κ3) is 3.27. The molecule has 0 fully saturated rings. The minimum Gasteiger partial charge on any atom is -0.383 e. The van der Waals surface area contributed by atoms with Crippen LogP contribution in [-0.4, -0.2) is 23.5 Å². The summed E-state index contributed by atoms with van der Waals surface area (Å²) in [5.74, 6) is 1.13. The Morgan fingerprint density at radius 1 is 1.64 bits per heavy atom. The molecule has 74 valence electrons. The van der Waals surface area contributed by atoms with E-state index >= 15 is 0 Å². The summed E-state index contributed by atoms with van der Waals surface area (Å²) < 4.78 is 0. The van der Waals surface area contributed by atoms with Crippen LogP contribution in [0.1, 0.15) is 12.1 Å². The lowest BCUT2D eigenvalue weighted by Crippen LogP contribution is -2.04. The van der Waals surface area contributed by atoms with Crippen LogP contribution in [-0.2, 0) is 0 Å². The first kappa shape index (κ1) is 10.9. The lowest BCUT2D eigenvalue weighted by Gasteiger charge is -2.05.